The van der Waals surface area contributed by atoms with Crippen molar-refractivity contribution in [3.63, 3.8) is 0 Å². The molecule has 1 heterocycles. The van der Waals surface area contributed by atoms with E-state index < -0.39 is 0 Å². The van der Waals surface area contributed by atoms with Gasteiger partial charge in [-0.05, 0) is 18.1 Å². The monoisotopic (exact) mass is 181 g/mol. The van der Waals surface area contributed by atoms with Crippen LogP contribution in [0.4, 0.5) is 5.69 Å². The second-order valence-electron chi connectivity index (χ2n) is 2.68. The van der Waals surface area contributed by atoms with Crippen LogP contribution in [0, 0.1) is 0 Å². The summed E-state index contributed by atoms with van der Waals surface area (Å²) >= 11 is 5.84. The second-order valence-corrected chi connectivity index (χ2v) is 3.05. The van der Waals surface area contributed by atoms with Crippen LogP contribution in [-0.4, -0.2) is 5.11 Å². The lowest BCUT2D eigenvalue weighted by molar-refractivity contribution is 0.476. The minimum atomic E-state index is 0.229. The summed E-state index contributed by atoms with van der Waals surface area (Å²) in [4.78, 5) is 0. The SMILES string of the molecule is Oc1cccc2c1N(Cl)C=CC2. The van der Waals surface area contributed by atoms with Gasteiger partial charge in [0.15, 0.2) is 0 Å². The first-order valence-electron chi connectivity index (χ1n) is 3.71. The molecule has 0 saturated carbocycles. The van der Waals surface area contributed by atoms with E-state index in [-0.39, 0.29) is 5.75 Å². The molecular formula is C9H8ClNO. The number of hydrogen-bond donors (Lipinski definition) is 1. The van der Waals surface area contributed by atoms with Crippen molar-refractivity contribution in [2.75, 3.05) is 4.42 Å². The summed E-state index contributed by atoms with van der Waals surface area (Å²) < 4.78 is 1.41. The Kier molecular flexibility index (Phi) is 1.70. The molecule has 0 spiro atoms. The molecular weight excluding hydrogens is 174 g/mol. The Labute approximate surface area is 75.8 Å². The van der Waals surface area contributed by atoms with Crippen molar-refractivity contribution in [3.05, 3.63) is 36.0 Å². The fourth-order valence-corrected chi connectivity index (χ4v) is 1.61. The highest BCUT2D eigenvalue weighted by Crippen LogP contribution is 2.35. The topological polar surface area (TPSA) is 23.5 Å². The van der Waals surface area contributed by atoms with Crippen LogP contribution < -0.4 is 4.42 Å². The molecule has 0 unspecified atom stereocenters. The third-order valence-corrected chi connectivity index (χ3v) is 2.17. The lowest BCUT2D eigenvalue weighted by atomic mass is 10.1. The summed E-state index contributed by atoms with van der Waals surface area (Å²) in [6.07, 6.45) is 4.52. The summed E-state index contributed by atoms with van der Waals surface area (Å²) in [5.74, 6) is 0.229. The van der Waals surface area contributed by atoms with E-state index in [1.165, 1.54) is 4.42 Å². The Bertz CT molecular complexity index is 335. The molecule has 0 bridgehead atoms. The fourth-order valence-electron chi connectivity index (χ4n) is 1.34. The molecule has 0 aromatic heterocycles. The highest BCUT2D eigenvalue weighted by molar-refractivity contribution is 6.27. The first-order valence-corrected chi connectivity index (χ1v) is 4.05. The number of fused-ring (bicyclic) bond motifs is 1. The van der Waals surface area contributed by atoms with Crippen LogP contribution in [0.3, 0.4) is 0 Å². The molecule has 0 radical (unpaired) electrons. The molecule has 2 rings (SSSR count). The molecule has 0 fully saturated rings. The van der Waals surface area contributed by atoms with Crippen molar-refractivity contribution >= 4 is 17.5 Å². The number of para-hydroxylation sites is 1. The van der Waals surface area contributed by atoms with Crippen molar-refractivity contribution in [1.29, 1.82) is 0 Å². The van der Waals surface area contributed by atoms with Crippen molar-refractivity contribution < 1.29 is 5.11 Å². The smallest absolute Gasteiger partial charge is 0.140 e. The molecule has 0 amide bonds. The molecule has 0 aliphatic carbocycles. The number of phenolic OH excluding ortho intramolecular Hbond substituents is 1. The highest BCUT2D eigenvalue weighted by atomic mass is 35.5. The predicted molar refractivity (Wildman–Crippen MR) is 49.3 cm³/mol. The van der Waals surface area contributed by atoms with E-state index in [2.05, 4.69) is 0 Å². The van der Waals surface area contributed by atoms with Crippen molar-refractivity contribution in [2.24, 2.45) is 0 Å². The van der Waals surface area contributed by atoms with E-state index in [1.807, 2.05) is 18.2 Å². The Balaban J connectivity index is 2.58. The number of phenols is 1. The van der Waals surface area contributed by atoms with Gasteiger partial charge in [-0.15, -0.1) is 0 Å². The van der Waals surface area contributed by atoms with Gasteiger partial charge >= 0.3 is 0 Å². The van der Waals surface area contributed by atoms with Crippen molar-refractivity contribution in [1.82, 2.24) is 0 Å². The quantitative estimate of drug-likeness (QED) is 0.622. The van der Waals surface area contributed by atoms with Gasteiger partial charge in [-0.25, -0.2) is 0 Å². The van der Waals surface area contributed by atoms with Gasteiger partial charge in [0.2, 0.25) is 0 Å². The van der Waals surface area contributed by atoms with Crippen molar-refractivity contribution in [2.45, 2.75) is 6.42 Å². The molecule has 1 N–H and O–H groups in total. The molecule has 1 aliphatic heterocycles. The average molecular weight is 182 g/mol. The molecule has 0 atom stereocenters. The van der Waals surface area contributed by atoms with Gasteiger partial charge in [0.25, 0.3) is 0 Å². The van der Waals surface area contributed by atoms with Gasteiger partial charge in [-0.2, -0.15) is 0 Å². The van der Waals surface area contributed by atoms with Gasteiger partial charge < -0.3 is 5.11 Å². The summed E-state index contributed by atoms with van der Waals surface area (Å²) in [7, 11) is 0. The molecule has 3 heteroatoms. The van der Waals surface area contributed by atoms with Crippen LogP contribution >= 0.6 is 11.8 Å². The third-order valence-electron chi connectivity index (χ3n) is 1.89. The predicted octanol–water partition coefficient (Wildman–Crippen LogP) is 2.42. The second kappa shape index (κ2) is 2.72. The standard InChI is InChI=1S/C9H8ClNO/c10-11-6-2-4-7-3-1-5-8(12)9(7)11/h1-3,5-6,12H,4H2. The molecule has 62 valence electrons. The number of anilines is 1. The lowest BCUT2D eigenvalue weighted by Crippen LogP contribution is -2.07. The van der Waals surface area contributed by atoms with E-state index >= 15 is 0 Å². The normalized spacial score (nSPS) is 14.6. The maximum Gasteiger partial charge on any atom is 0.140 e. The van der Waals surface area contributed by atoms with Crippen LogP contribution in [0.1, 0.15) is 5.56 Å². The Morgan fingerprint density at radius 1 is 1.42 bits per heavy atom. The number of hydrogen-bond acceptors (Lipinski definition) is 2. The number of rotatable bonds is 0. The summed E-state index contributed by atoms with van der Waals surface area (Å²) in [6, 6.07) is 5.40. The molecule has 1 aromatic rings. The van der Waals surface area contributed by atoms with E-state index in [0.29, 0.717) is 5.69 Å². The first-order chi connectivity index (χ1) is 5.79. The number of nitrogens with zero attached hydrogens (tertiary/aromatic N) is 1. The molecule has 0 saturated heterocycles. The first kappa shape index (κ1) is 7.50. The van der Waals surface area contributed by atoms with E-state index in [4.69, 9.17) is 11.8 Å². The van der Waals surface area contributed by atoms with Crippen molar-refractivity contribution in [3.8, 4) is 5.75 Å². The molecule has 12 heavy (non-hydrogen) atoms. The largest absolute Gasteiger partial charge is 0.506 e. The lowest BCUT2D eigenvalue weighted by Gasteiger charge is -2.19. The summed E-state index contributed by atoms with van der Waals surface area (Å²) in [6.45, 7) is 0. The molecule has 2 nitrogen and oxygen atoms in total. The van der Waals surface area contributed by atoms with Crippen LogP contribution in [0.2, 0.25) is 0 Å². The van der Waals surface area contributed by atoms with Gasteiger partial charge in [0, 0.05) is 18.0 Å². The number of benzene rings is 1. The average Bonchev–Trinajstić information content (AvgIpc) is 2.04. The maximum absolute atomic E-state index is 9.47. The van der Waals surface area contributed by atoms with Gasteiger partial charge in [-0.1, -0.05) is 18.2 Å². The Morgan fingerprint density at radius 2 is 2.25 bits per heavy atom. The number of aromatic hydroxyl groups is 1. The van der Waals surface area contributed by atoms with Crippen LogP contribution in [0.25, 0.3) is 0 Å². The Morgan fingerprint density at radius 3 is 3.00 bits per heavy atom. The minimum Gasteiger partial charge on any atom is -0.506 e. The van der Waals surface area contributed by atoms with Crippen LogP contribution in [0.5, 0.6) is 5.75 Å². The zero-order valence-electron chi connectivity index (χ0n) is 6.37. The van der Waals surface area contributed by atoms with Gasteiger partial charge in [0.1, 0.15) is 11.4 Å². The fraction of sp³-hybridized carbons (Fsp3) is 0.111. The van der Waals surface area contributed by atoms with Gasteiger partial charge in [0.05, 0.1) is 0 Å². The Hall–Kier alpha value is -1.15. The zero-order chi connectivity index (χ0) is 8.55. The minimum absolute atomic E-state index is 0.229. The van der Waals surface area contributed by atoms with E-state index in [9.17, 15) is 5.11 Å². The van der Waals surface area contributed by atoms with E-state index in [1.54, 1.807) is 12.3 Å². The zero-order valence-corrected chi connectivity index (χ0v) is 7.12. The van der Waals surface area contributed by atoms with E-state index in [0.717, 1.165) is 12.0 Å². The maximum atomic E-state index is 9.47. The molecule has 1 aromatic carbocycles. The number of allylic oxidation sites excluding steroid dienone is 1. The molecule has 1 aliphatic rings. The third kappa shape index (κ3) is 1.04. The highest BCUT2D eigenvalue weighted by Gasteiger charge is 2.14. The van der Waals surface area contributed by atoms with Crippen LogP contribution in [0.15, 0.2) is 30.5 Å². The summed E-state index contributed by atoms with van der Waals surface area (Å²) in [5, 5.41) is 9.47. The van der Waals surface area contributed by atoms with Gasteiger partial charge in [-0.3, -0.25) is 4.42 Å². The van der Waals surface area contributed by atoms with Crippen LogP contribution in [-0.2, 0) is 6.42 Å². The number of halogens is 1. The summed E-state index contributed by atoms with van der Waals surface area (Å²) in [5.41, 5.74) is 1.74.